The van der Waals surface area contributed by atoms with Crippen LogP contribution in [0.3, 0.4) is 0 Å². The Labute approximate surface area is 61.4 Å². The van der Waals surface area contributed by atoms with Gasteiger partial charge in [0.15, 0.2) is 6.10 Å². The van der Waals surface area contributed by atoms with E-state index in [4.69, 9.17) is 21.2 Å². The first kappa shape index (κ1) is 9.82. The van der Waals surface area contributed by atoms with Gasteiger partial charge in [0.1, 0.15) is 6.04 Å². The van der Waals surface area contributed by atoms with Gasteiger partial charge >= 0.3 is 5.97 Å². The maximum Gasteiger partial charge on any atom is 0.334 e. The summed E-state index contributed by atoms with van der Waals surface area (Å²) in [4.78, 5) is 20.3. The fraction of sp³-hybridized carbons (Fsp3) is 0.500. The Morgan fingerprint density at radius 3 is 2.18 bits per heavy atom. The van der Waals surface area contributed by atoms with Crippen LogP contribution in [0.1, 0.15) is 0 Å². The molecule has 0 saturated carbocycles. The number of carboxylic acids is 1. The molecule has 0 aliphatic carbocycles. The Kier molecular flexibility index (Phi) is 3.45. The maximum absolute atomic E-state index is 10.3. The molecule has 0 spiro atoms. The van der Waals surface area contributed by atoms with Gasteiger partial charge in [0.2, 0.25) is 0 Å². The number of aliphatic carboxylic acids is 1. The van der Waals surface area contributed by atoms with Crippen molar-refractivity contribution in [1.29, 1.82) is 0 Å². The summed E-state index contributed by atoms with van der Waals surface area (Å²) in [5.41, 5.74) is 5.98. The lowest BCUT2D eigenvalue weighted by atomic mass is 10.2. The van der Waals surface area contributed by atoms with Crippen molar-refractivity contribution >= 4 is 11.9 Å². The molecule has 0 radical (unpaired) electrons. The minimum Gasteiger partial charge on any atom is -0.479 e. The van der Waals surface area contributed by atoms with Crippen molar-refractivity contribution in [2.24, 2.45) is 5.73 Å². The summed E-state index contributed by atoms with van der Waals surface area (Å²) < 4.78 is 0. The second kappa shape index (κ2) is 3.86. The molecule has 1 amide bonds. The van der Waals surface area contributed by atoms with Gasteiger partial charge in [-0.25, -0.2) is 10.3 Å². The zero-order valence-electron chi connectivity index (χ0n) is 5.39. The number of hydroxylamine groups is 1. The van der Waals surface area contributed by atoms with E-state index in [0.717, 1.165) is 5.48 Å². The van der Waals surface area contributed by atoms with Crippen LogP contribution in [0.25, 0.3) is 0 Å². The van der Waals surface area contributed by atoms with E-state index >= 15 is 0 Å². The third-order valence-electron chi connectivity index (χ3n) is 1.01. The monoisotopic (exact) mass is 164 g/mol. The Bertz CT molecular complexity index is 170. The number of carboxylic acid groups (broad SMARTS) is 1. The minimum atomic E-state index is -2.01. The van der Waals surface area contributed by atoms with Crippen LogP contribution in [0.2, 0.25) is 0 Å². The largest absolute Gasteiger partial charge is 0.479 e. The summed E-state index contributed by atoms with van der Waals surface area (Å²) in [6.45, 7) is 0. The Balaban J connectivity index is 4.12. The van der Waals surface area contributed by atoms with Crippen LogP contribution in [-0.4, -0.2) is 39.4 Å². The molecule has 64 valence electrons. The number of aliphatic hydroxyl groups is 1. The Hall–Kier alpha value is -1.18. The van der Waals surface area contributed by atoms with Gasteiger partial charge in [-0.3, -0.25) is 10.0 Å². The van der Waals surface area contributed by atoms with Gasteiger partial charge in [0.25, 0.3) is 5.91 Å². The van der Waals surface area contributed by atoms with Gasteiger partial charge < -0.3 is 15.9 Å². The highest BCUT2D eigenvalue weighted by atomic mass is 16.5. The van der Waals surface area contributed by atoms with Gasteiger partial charge in [-0.15, -0.1) is 0 Å². The molecule has 7 nitrogen and oxygen atoms in total. The van der Waals surface area contributed by atoms with Crippen molar-refractivity contribution in [2.75, 3.05) is 0 Å². The van der Waals surface area contributed by atoms with Gasteiger partial charge in [-0.2, -0.15) is 0 Å². The standard InChI is InChI=1S/C4H8N2O5/c5-1(3(8)6-11)2(7)4(9)10/h1-2,7,11H,5H2,(H,6,8)(H,9,10)/t1-,2+/m1/s1. The number of carbonyl (C=O) groups is 2. The van der Waals surface area contributed by atoms with E-state index in [1.807, 2.05) is 0 Å². The lowest BCUT2D eigenvalue weighted by Gasteiger charge is -2.11. The van der Waals surface area contributed by atoms with Gasteiger partial charge in [0, 0.05) is 0 Å². The molecule has 7 heteroatoms. The molecule has 0 fully saturated rings. The van der Waals surface area contributed by atoms with Gasteiger partial charge in [-0.05, 0) is 0 Å². The predicted octanol–water partition coefficient (Wildman–Crippen LogP) is -2.74. The molecule has 0 aliphatic rings. The number of nitrogens with one attached hydrogen (secondary N) is 1. The zero-order chi connectivity index (χ0) is 9.02. The third-order valence-corrected chi connectivity index (χ3v) is 1.01. The van der Waals surface area contributed by atoms with Crippen LogP contribution in [0.4, 0.5) is 0 Å². The normalized spacial score (nSPS) is 15.2. The van der Waals surface area contributed by atoms with E-state index in [0.29, 0.717) is 0 Å². The second-order valence-electron chi connectivity index (χ2n) is 1.78. The molecule has 0 aromatic heterocycles. The molecule has 0 heterocycles. The summed E-state index contributed by atoms with van der Waals surface area (Å²) in [5, 5.41) is 24.7. The molecule has 0 bridgehead atoms. The SMILES string of the molecule is N[C@@H](C(=O)NO)[C@H](O)C(=O)O. The van der Waals surface area contributed by atoms with Crippen molar-refractivity contribution in [3.8, 4) is 0 Å². The molecule has 0 aliphatic heterocycles. The lowest BCUT2D eigenvalue weighted by Crippen LogP contribution is -2.50. The first-order valence-electron chi connectivity index (χ1n) is 2.61. The van der Waals surface area contributed by atoms with E-state index in [1.165, 1.54) is 0 Å². The molecule has 6 N–H and O–H groups in total. The quantitative estimate of drug-likeness (QED) is 0.227. The molecule has 11 heavy (non-hydrogen) atoms. The van der Waals surface area contributed by atoms with Crippen LogP contribution < -0.4 is 11.2 Å². The third kappa shape index (κ3) is 2.50. The fourth-order valence-electron chi connectivity index (χ4n) is 0.372. The zero-order valence-corrected chi connectivity index (χ0v) is 5.39. The van der Waals surface area contributed by atoms with E-state index in [1.54, 1.807) is 0 Å². The number of hydrogen-bond acceptors (Lipinski definition) is 5. The fourth-order valence-corrected chi connectivity index (χ4v) is 0.372. The lowest BCUT2D eigenvalue weighted by molar-refractivity contribution is -0.151. The highest BCUT2D eigenvalue weighted by Gasteiger charge is 2.27. The smallest absolute Gasteiger partial charge is 0.334 e. The number of nitrogens with two attached hydrogens (primary N) is 1. The van der Waals surface area contributed by atoms with Gasteiger partial charge in [-0.1, -0.05) is 0 Å². The summed E-state index contributed by atoms with van der Waals surface area (Å²) in [5.74, 6) is -2.78. The second-order valence-corrected chi connectivity index (χ2v) is 1.78. The summed E-state index contributed by atoms with van der Waals surface area (Å²) in [6, 6.07) is -1.67. The average molecular weight is 164 g/mol. The highest BCUT2D eigenvalue weighted by Crippen LogP contribution is 1.89. The van der Waals surface area contributed by atoms with Crippen LogP contribution in [0.15, 0.2) is 0 Å². The summed E-state index contributed by atoms with van der Waals surface area (Å²) in [7, 11) is 0. The molecule has 0 aromatic carbocycles. The molecular weight excluding hydrogens is 156 g/mol. The molecular formula is C4H8N2O5. The van der Waals surface area contributed by atoms with Crippen molar-refractivity contribution in [2.45, 2.75) is 12.1 Å². The number of aliphatic hydroxyl groups excluding tert-OH is 1. The van der Waals surface area contributed by atoms with Crippen LogP contribution in [-0.2, 0) is 9.59 Å². The number of hydrogen-bond donors (Lipinski definition) is 5. The Morgan fingerprint density at radius 1 is 1.45 bits per heavy atom. The van der Waals surface area contributed by atoms with Crippen LogP contribution >= 0.6 is 0 Å². The van der Waals surface area contributed by atoms with Gasteiger partial charge in [0.05, 0.1) is 0 Å². The topological polar surface area (TPSA) is 133 Å². The first-order valence-corrected chi connectivity index (χ1v) is 2.61. The van der Waals surface area contributed by atoms with Crippen molar-refractivity contribution in [1.82, 2.24) is 5.48 Å². The highest BCUT2D eigenvalue weighted by molar-refractivity contribution is 5.87. The van der Waals surface area contributed by atoms with E-state index in [2.05, 4.69) is 0 Å². The van der Waals surface area contributed by atoms with Crippen LogP contribution in [0, 0.1) is 0 Å². The molecule has 2 atom stereocenters. The molecule has 0 saturated heterocycles. The van der Waals surface area contributed by atoms with E-state index in [9.17, 15) is 9.59 Å². The van der Waals surface area contributed by atoms with E-state index < -0.39 is 24.0 Å². The van der Waals surface area contributed by atoms with Crippen molar-refractivity contribution in [3.05, 3.63) is 0 Å². The average Bonchev–Trinajstić information content (AvgIpc) is 2.00. The Morgan fingerprint density at radius 2 is 1.91 bits per heavy atom. The first-order chi connectivity index (χ1) is 5.00. The summed E-state index contributed by atoms with van der Waals surface area (Å²) >= 11 is 0. The van der Waals surface area contributed by atoms with Crippen molar-refractivity contribution in [3.63, 3.8) is 0 Å². The number of rotatable bonds is 3. The van der Waals surface area contributed by atoms with Crippen LogP contribution in [0.5, 0.6) is 0 Å². The van der Waals surface area contributed by atoms with Crippen molar-refractivity contribution < 1.29 is 25.0 Å². The maximum atomic E-state index is 10.3. The molecule has 0 rings (SSSR count). The summed E-state index contributed by atoms with van der Waals surface area (Å²) in [6.07, 6.45) is -2.01. The predicted molar refractivity (Wildman–Crippen MR) is 31.5 cm³/mol. The number of carbonyl (C=O) groups excluding carboxylic acids is 1. The molecule has 0 aromatic rings. The minimum absolute atomic E-state index is 1.11. The number of amides is 1. The molecule has 0 unspecified atom stereocenters. The van der Waals surface area contributed by atoms with E-state index in [-0.39, 0.29) is 0 Å².